The van der Waals surface area contributed by atoms with E-state index in [0.29, 0.717) is 41.7 Å². The van der Waals surface area contributed by atoms with E-state index in [1.54, 1.807) is 11.8 Å². The smallest absolute Gasteiger partial charge is 0.316 e. The third-order valence-corrected chi connectivity index (χ3v) is 13.3. The lowest BCUT2D eigenvalue weighted by molar-refractivity contribution is -0.205. The first-order valence-electron chi connectivity index (χ1n) is 14.3. The van der Waals surface area contributed by atoms with E-state index in [2.05, 4.69) is 46.2 Å². The Bertz CT molecular complexity index is 895. The Kier molecular flexibility index (Phi) is 6.99. The van der Waals surface area contributed by atoms with Gasteiger partial charge in [0, 0.05) is 40.5 Å². The van der Waals surface area contributed by atoms with Crippen LogP contribution in [0.25, 0.3) is 0 Å². The van der Waals surface area contributed by atoms with Gasteiger partial charge in [0.2, 0.25) is 0 Å². The number of ether oxygens (including phenoxy) is 1. The zero-order valence-electron chi connectivity index (χ0n) is 23.0. The zero-order valence-corrected chi connectivity index (χ0v) is 23.8. The van der Waals surface area contributed by atoms with Gasteiger partial charge >= 0.3 is 5.97 Å². The maximum Gasteiger partial charge on any atom is 0.316 e. The van der Waals surface area contributed by atoms with Gasteiger partial charge in [-0.3, -0.25) is 9.59 Å². The molecule has 5 rings (SSSR count). The fourth-order valence-corrected chi connectivity index (χ4v) is 10.5. The number of hydrogen-bond acceptors (Lipinski definition) is 6. The summed E-state index contributed by atoms with van der Waals surface area (Å²) in [7, 11) is 2.24. The Morgan fingerprint density at radius 1 is 1.19 bits per heavy atom. The highest BCUT2D eigenvalue weighted by Gasteiger charge is 2.68. The van der Waals surface area contributed by atoms with Crippen LogP contribution in [0.15, 0.2) is 12.7 Å². The van der Waals surface area contributed by atoms with Crippen molar-refractivity contribution in [2.75, 3.05) is 12.8 Å². The molecule has 0 spiro atoms. The quantitative estimate of drug-likeness (QED) is 0.397. The minimum absolute atomic E-state index is 0.00390. The van der Waals surface area contributed by atoms with Gasteiger partial charge in [0.15, 0.2) is 0 Å². The number of hydrogen-bond donors (Lipinski definition) is 1. The summed E-state index contributed by atoms with van der Waals surface area (Å²) in [5.41, 5.74) is -1.24. The molecule has 202 valence electrons. The van der Waals surface area contributed by atoms with Crippen molar-refractivity contribution in [3.05, 3.63) is 12.7 Å². The number of nitrogens with zero attached hydrogens (tertiary/aromatic N) is 1. The number of thioether (sulfide) groups is 1. The summed E-state index contributed by atoms with van der Waals surface area (Å²) in [5, 5.41) is 12.2. The average molecular weight is 518 g/mol. The molecular formula is C30H47NO4S. The number of esters is 1. The zero-order chi connectivity index (χ0) is 26.0. The standard InChI is InChI=1S/C30H47NO4S/c1-7-28(4)16-24(35-25(33)17-36-22-14-20-8-9-21(15-22)31(20)6)29(5)18(2)10-12-30(19(3)27(28)34)13-11-23(32)26(29)30/h7,18-22,24,26-27,34H,1,8-17H2,2-6H3/t18-,19-,20-,21+,22?,24+,26-,27+,28-,29-,30-/m1/s1. The molecule has 0 amide bonds. The van der Waals surface area contributed by atoms with Gasteiger partial charge in [-0.05, 0) is 75.7 Å². The molecule has 2 heterocycles. The van der Waals surface area contributed by atoms with E-state index in [1.807, 2.05) is 6.08 Å². The Hall–Kier alpha value is -0.850. The van der Waals surface area contributed by atoms with Crippen LogP contribution >= 0.6 is 11.8 Å². The van der Waals surface area contributed by atoms with Gasteiger partial charge in [-0.2, -0.15) is 0 Å². The minimum Gasteiger partial charge on any atom is -0.461 e. The van der Waals surface area contributed by atoms with E-state index in [1.165, 1.54) is 12.8 Å². The second-order valence-corrected chi connectivity index (χ2v) is 14.8. The highest BCUT2D eigenvalue weighted by atomic mass is 32.2. The lowest BCUT2D eigenvalue weighted by Gasteiger charge is -2.61. The van der Waals surface area contributed by atoms with Crippen molar-refractivity contribution >= 4 is 23.5 Å². The van der Waals surface area contributed by atoms with Crippen molar-refractivity contribution in [3.63, 3.8) is 0 Å². The molecule has 0 aromatic carbocycles. The highest BCUT2D eigenvalue weighted by molar-refractivity contribution is 8.00. The molecule has 4 bridgehead atoms. The fraction of sp³-hybridized carbons (Fsp3) is 0.867. The molecule has 11 atom stereocenters. The maximum absolute atomic E-state index is 13.5. The van der Waals surface area contributed by atoms with Gasteiger partial charge in [-0.15, -0.1) is 18.3 Å². The summed E-state index contributed by atoms with van der Waals surface area (Å²) in [5.74, 6) is 0.605. The van der Waals surface area contributed by atoms with Gasteiger partial charge < -0.3 is 14.7 Å². The van der Waals surface area contributed by atoms with Crippen LogP contribution in [0.5, 0.6) is 0 Å². The number of aliphatic hydroxyl groups excluding tert-OH is 1. The van der Waals surface area contributed by atoms with Crippen LogP contribution in [-0.2, 0) is 14.3 Å². The molecule has 3 aliphatic carbocycles. The van der Waals surface area contributed by atoms with E-state index >= 15 is 0 Å². The normalized spacial score (nSPS) is 50.8. The van der Waals surface area contributed by atoms with Gasteiger partial charge in [-0.1, -0.05) is 33.8 Å². The third-order valence-electron chi connectivity index (χ3n) is 12.1. The van der Waals surface area contributed by atoms with Crippen LogP contribution in [0.4, 0.5) is 0 Å². The summed E-state index contributed by atoms with van der Waals surface area (Å²) in [4.78, 5) is 29.4. The molecule has 2 saturated heterocycles. The van der Waals surface area contributed by atoms with E-state index in [4.69, 9.17) is 4.74 Å². The number of aliphatic hydroxyl groups is 1. The lowest BCUT2D eigenvalue weighted by Crippen LogP contribution is -2.63. The lowest BCUT2D eigenvalue weighted by atomic mass is 9.44. The fourth-order valence-electron chi connectivity index (χ4n) is 9.38. The van der Waals surface area contributed by atoms with Crippen LogP contribution in [0.2, 0.25) is 0 Å². The van der Waals surface area contributed by atoms with Crippen molar-refractivity contribution in [3.8, 4) is 0 Å². The highest BCUT2D eigenvalue weighted by Crippen LogP contribution is 2.68. The first-order valence-corrected chi connectivity index (χ1v) is 15.4. The van der Waals surface area contributed by atoms with Crippen LogP contribution in [0.1, 0.15) is 85.5 Å². The van der Waals surface area contributed by atoms with E-state index in [-0.39, 0.29) is 29.1 Å². The van der Waals surface area contributed by atoms with E-state index in [9.17, 15) is 14.7 Å². The molecule has 5 nitrogen and oxygen atoms in total. The summed E-state index contributed by atoms with van der Waals surface area (Å²) in [6.07, 6.45) is 9.58. The molecule has 5 fully saturated rings. The van der Waals surface area contributed by atoms with Crippen molar-refractivity contribution in [1.82, 2.24) is 4.90 Å². The van der Waals surface area contributed by atoms with Crippen molar-refractivity contribution < 1.29 is 19.4 Å². The molecule has 0 aromatic heterocycles. The summed E-state index contributed by atoms with van der Waals surface area (Å²) in [6, 6.07) is 1.31. The van der Waals surface area contributed by atoms with Gasteiger partial charge in [0.05, 0.1) is 11.9 Å². The predicted molar refractivity (Wildman–Crippen MR) is 145 cm³/mol. The summed E-state index contributed by atoms with van der Waals surface area (Å²) >= 11 is 1.76. The van der Waals surface area contributed by atoms with Crippen LogP contribution < -0.4 is 0 Å². The number of rotatable bonds is 5. The molecule has 36 heavy (non-hydrogen) atoms. The number of carbonyl (C=O) groups is 2. The number of fused-ring (bicyclic) bond motifs is 2. The van der Waals surface area contributed by atoms with Gasteiger partial charge in [0.25, 0.3) is 0 Å². The van der Waals surface area contributed by atoms with Crippen LogP contribution in [0.3, 0.4) is 0 Å². The summed E-state index contributed by atoms with van der Waals surface area (Å²) < 4.78 is 6.42. The third kappa shape index (κ3) is 3.95. The topological polar surface area (TPSA) is 66.8 Å². The van der Waals surface area contributed by atoms with Crippen molar-refractivity contribution in [2.24, 2.45) is 34.0 Å². The second kappa shape index (κ2) is 9.41. The SMILES string of the molecule is C=C[C@]1(C)C[C@H](OC(=O)CSC2C[C@H]3CC[C@@H](C2)N3C)[C@@]2(C)[C@H](C)CC[C@@]3(CCC(=O)[C@@H]32)[C@H](C)[C@@H]1O. The molecule has 1 unspecified atom stereocenters. The van der Waals surface area contributed by atoms with Gasteiger partial charge in [0.1, 0.15) is 11.9 Å². The first kappa shape index (κ1) is 26.7. The van der Waals surface area contributed by atoms with Gasteiger partial charge in [-0.25, -0.2) is 0 Å². The van der Waals surface area contributed by atoms with Crippen LogP contribution in [0, 0.1) is 34.0 Å². The maximum atomic E-state index is 13.5. The number of carbonyl (C=O) groups excluding carboxylic acids is 2. The molecule has 2 aliphatic heterocycles. The monoisotopic (exact) mass is 517 g/mol. The molecule has 0 aromatic rings. The van der Waals surface area contributed by atoms with Crippen molar-refractivity contribution in [1.29, 1.82) is 0 Å². The molecule has 6 heteroatoms. The average Bonchev–Trinajstić information content (AvgIpc) is 3.28. The number of ketones is 1. The first-order chi connectivity index (χ1) is 17.0. The largest absolute Gasteiger partial charge is 0.461 e. The van der Waals surface area contributed by atoms with Crippen LogP contribution in [-0.4, -0.2) is 64.1 Å². The van der Waals surface area contributed by atoms with Crippen molar-refractivity contribution in [2.45, 2.75) is 115 Å². The molecule has 5 aliphatic rings. The summed E-state index contributed by atoms with van der Waals surface area (Å²) in [6.45, 7) is 12.8. The Balaban J connectivity index is 1.39. The number of piperidine rings is 1. The number of Topliss-reactive ketones (excluding diaryl/α,β-unsaturated/α-hetero) is 1. The van der Waals surface area contributed by atoms with E-state index < -0.39 is 23.0 Å². The second-order valence-electron chi connectivity index (χ2n) is 13.5. The molecular weight excluding hydrogens is 470 g/mol. The predicted octanol–water partition coefficient (Wildman–Crippen LogP) is 5.25. The molecule has 0 radical (unpaired) electrons. The Morgan fingerprint density at radius 2 is 1.86 bits per heavy atom. The Morgan fingerprint density at radius 3 is 2.50 bits per heavy atom. The van der Waals surface area contributed by atoms with E-state index in [0.717, 1.165) is 32.1 Å². The Labute approximate surface area is 222 Å². The minimum atomic E-state index is -0.619. The molecule has 3 saturated carbocycles. The molecule has 1 N–H and O–H groups in total.